The van der Waals surface area contributed by atoms with Gasteiger partial charge in [-0.25, -0.2) is 4.98 Å². The SMILES string of the molecule is CC(C)(C)c1ccc(N2CCCCC2CCl)nc1. The highest BCUT2D eigenvalue weighted by Gasteiger charge is 2.23. The minimum atomic E-state index is 0.166. The van der Waals surface area contributed by atoms with Gasteiger partial charge in [0.1, 0.15) is 5.82 Å². The van der Waals surface area contributed by atoms with Crippen LogP contribution < -0.4 is 4.90 Å². The Kier molecular flexibility index (Phi) is 4.16. The van der Waals surface area contributed by atoms with E-state index < -0.39 is 0 Å². The molecule has 2 rings (SSSR count). The molecule has 2 nitrogen and oxygen atoms in total. The van der Waals surface area contributed by atoms with Gasteiger partial charge < -0.3 is 4.90 Å². The van der Waals surface area contributed by atoms with Gasteiger partial charge in [0.05, 0.1) is 0 Å². The molecule has 1 fully saturated rings. The van der Waals surface area contributed by atoms with Gasteiger partial charge in [0.2, 0.25) is 0 Å². The summed E-state index contributed by atoms with van der Waals surface area (Å²) in [5, 5.41) is 0. The number of anilines is 1. The average Bonchev–Trinajstić information content (AvgIpc) is 2.38. The molecule has 2 heterocycles. The molecule has 0 saturated carbocycles. The van der Waals surface area contributed by atoms with Crippen LogP contribution in [0.4, 0.5) is 5.82 Å². The summed E-state index contributed by atoms with van der Waals surface area (Å²) < 4.78 is 0. The van der Waals surface area contributed by atoms with Crippen LogP contribution in [0.15, 0.2) is 18.3 Å². The van der Waals surface area contributed by atoms with Gasteiger partial charge in [0, 0.05) is 24.7 Å². The van der Waals surface area contributed by atoms with Crippen molar-refractivity contribution in [3.05, 3.63) is 23.9 Å². The highest BCUT2D eigenvalue weighted by atomic mass is 35.5. The fraction of sp³-hybridized carbons (Fsp3) is 0.667. The van der Waals surface area contributed by atoms with E-state index in [-0.39, 0.29) is 5.41 Å². The van der Waals surface area contributed by atoms with Crippen molar-refractivity contribution in [2.45, 2.75) is 51.5 Å². The zero-order valence-electron chi connectivity index (χ0n) is 11.6. The molecule has 0 radical (unpaired) electrons. The van der Waals surface area contributed by atoms with Crippen molar-refractivity contribution in [3.63, 3.8) is 0 Å². The number of piperidine rings is 1. The van der Waals surface area contributed by atoms with Crippen molar-refractivity contribution in [1.29, 1.82) is 0 Å². The number of aromatic nitrogens is 1. The fourth-order valence-electron chi connectivity index (χ4n) is 2.46. The molecule has 100 valence electrons. The van der Waals surface area contributed by atoms with Gasteiger partial charge >= 0.3 is 0 Å². The van der Waals surface area contributed by atoms with Crippen LogP contribution in [0.3, 0.4) is 0 Å². The number of alkyl halides is 1. The second kappa shape index (κ2) is 5.48. The number of halogens is 1. The van der Waals surface area contributed by atoms with E-state index in [1.54, 1.807) is 0 Å². The molecule has 1 atom stereocenters. The summed E-state index contributed by atoms with van der Waals surface area (Å²) in [6.07, 6.45) is 5.73. The zero-order chi connectivity index (χ0) is 13.2. The molecule has 0 aromatic carbocycles. The van der Waals surface area contributed by atoms with Crippen LogP contribution in [0.25, 0.3) is 0 Å². The number of hydrogen-bond acceptors (Lipinski definition) is 2. The first-order valence-corrected chi connectivity index (χ1v) is 7.35. The Bertz CT molecular complexity index is 380. The molecule has 0 spiro atoms. The Balaban J connectivity index is 2.18. The summed E-state index contributed by atoms with van der Waals surface area (Å²) in [7, 11) is 0. The van der Waals surface area contributed by atoms with Crippen LogP contribution in [0.2, 0.25) is 0 Å². The second-order valence-electron chi connectivity index (χ2n) is 6.15. The molecular formula is C15H23ClN2. The summed E-state index contributed by atoms with van der Waals surface area (Å²) in [4.78, 5) is 7.00. The van der Waals surface area contributed by atoms with Crippen LogP contribution in [-0.4, -0.2) is 23.5 Å². The van der Waals surface area contributed by atoms with E-state index in [0.29, 0.717) is 11.9 Å². The highest BCUT2D eigenvalue weighted by Crippen LogP contribution is 2.26. The van der Waals surface area contributed by atoms with E-state index in [4.69, 9.17) is 11.6 Å². The Morgan fingerprint density at radius 1 is 1.33 bits per heavy atom. The van der Waals surface area contributed by atoms with Crippen LogP contribution >= 0.6 is 11.6 Å². The third-order valence-corrected chi connectivity index (χ3v) is 4.07. The fourth-order valence-corrected chi connectivity index (χ4v) is 2.78. The molecule has 18 heavy (non-hydrogen) atoms. The van der Waals surface area contributed by atoms with Crippen LogP contribution in [0.5, 0.6) is 0 Å². The first-order valence-electron chi connectivity index (χ1n) is 6.81. The summed E-state index contributed by atoms with van der Waals surface area (Å²) >= 11 is 6.06. The topological polar surface area (TPSA) is 16.1 Å². The lowest BCUT2D eigenvalue weighted by atomic mass is 9.88. The summed E-state index contributed by atoms with van der Waals surface area (Å²) in [6, 6.07) is 4.79. The minimum Gasteiger partial charge on any atom is -0.352 e. The van der Waals surface area contributed by atoms with Crippen molar-refractivity contribution in [2.75, 3.05) is 17.3 Å². The monoisotopic (exact) mass is 266 g/mol. The predicted octanol–water partition coefficient (Wildman–Crippen LogP) is 3.98. The predicted molar refractivity (Wildman–Crippen MR) is 78.6 cm³/mol. The van der Waals surface area contributed by atoms with Crippen molar-refractivity contribution in [2.24, 2.45) is 0 Å². The Morgan fingerprint density at radius 2 is 2.11 bits per heavy atom. The molecule has 1 saturated heterocycles. The lowest BCUT2D eigenvalue weighted by Gasteiger charge is -2.35. The van der Waals surface area contributed by atoms with Gasteiger partial charge in [-0.15, -0.1) is 11.6 Å². The largest absolute Gasteiger partial charge is 0.352 e. The van der Waals surface area contributed by atoms with Gasteiger partial charge in [-0.1, -0.05) is 26.8 Å². The first-order chi connectivity index (χ1) is 8.52. The number of rotatable bonds is 2. The molecule has 1 aromatic heterocycles. The van der Waals surface area contributed by atoms with Gasteiger partial charge in [-0.05, 0) is 36.3 Å². The molecule has 3 heteroatoms. The van der Waals surface area contributed by atoms with E-state index in [9.17, 15) is 0 Å². The molecular weight excluding hydrogens is 244 g/mol. The first kappa shape index (κ1) is 13.7. The second-order valence-corrected chi connectivity index (χ2v) is 6.46. The quantitative estimate of drug-likeness (QED) is 0.753. The van der Waals surface area contributed by atoms with Gasteiger partial charge in [-0.2, -0.15) is 0 Å². The Labute approximate surface area is 115 Å². The normalized spacial score (nSPS) is 21.1. The smallest absolute Gasteiger partial charge is 0.128 e. The molecule has 1 aliphatic rings. The van der Waals surface area contributed by atoms with E-state index in [1.807, 2.05) is 6.20 Å². The molecule has 0 aliphatic carbocycles. The van der Waals surface area contributed by atoms with Gasteiger partial charge in [0.25, 0.3) is 0 Å². The number of pyridine rings is 1. The lowest BCUT2D eigenvalue weighted by Crippen LogP contribution is -2.41. The maximum atomic E-state index is 6.06. The Morgan fingerprint density at radius 3 is 2.67 bits per heavy atom. The summed E-state index contributed by atoms with van der Waals surface area (Å²) in [5.41, 5.74) is 1.45. The minimum absolute atomic E-state index is 0.166. The van der Waals surface area contributed by atoms with Crippen molar-refractivity contribution in [3.8, 4) is 0 Å². The van der Waals surface area contributed by atoms with Crippen LogP contribution in [-0.2, 0) is 5.41 Å². The third kappa shape index (κ3) is 2.97. The zero-order valence-corrected chi connectivity index (χ0v) is 12.4. The van der Waals surface area contributed by atoms with Crippen LogP contribution in [0.1, 0.15) is 45.6 Å². The van der Waals surface area contributed by atoms with Gasteiger partial charge in [-0.3, -0.25) is 0 Å². The molecule has 0 amide bonds. The summed E-state index contributed by atoms with van der Waals surface area (Å²) in [6.45, 7) is 7.73. The molecule has 0 bridgehead atoms. The lowest BCUT2D eigenvalue weighted by molar-refractivity contribution is 0.484. The third-order valence-electron chi connectivity index (χ3n) is 3.71. The number of hydrogen-bond donors (Lipinski definition) is 0. The maximum absolute atomic E-state index is 6.06. The van der Waals surface area contributed by atoms with Crippen molar-refractivity contribution >= 4 is 17.4 Å². The van der Waals surface area contributed by atoms with Crippen molar-refractivity contribution in [1.82, 2.24) is 4.98 Å². The highest BCUT2D eigenvalue weighted by molar-refractivity contribution is 6.18. The summed E-state index contributed by atoms with van der Waals surface area (Å²) in [5.74, 6) is 1.77. The van der Waals surface area contributed by atoms with E-state index in [1.165, 1.54) is 24.8 Å². The van der Waals surface area contributed by atoms with Gasteiger partial charge in [0.15, 0.2) is 0 Å². The van der Waals surface area contributed by atoms with E-state index in [0.717, 1.165) is 12.4 Å². The molecule has 1 unspecified atom stereocenters. The van der Waals surface area contributed by atoms with Crippen molar-refractivity contribution < 1.29 is 0 Å². The molecule has 1 aliphatic heterocycles. The Hall–Kier alpha value is -0.760. The van der Waals surface area contributed by atoms with Crippen LogP contribution in [0, 0.1) is 0 Å². The molecule has 1 aromatic rings. The maximum Gasteiger partial charge on any atom is 0.128 e. The number of nitrogens with zero attached hydrogens (tertiary/aromatic N) is 2. The molecule has 0 N–H and O–H groups in total. The van der Waals surface area contributed by atoms with E-state index >= 15 is 0 Å². The average molecular weight is 267 g/mol. The van der Waals surface area contributed by atoms with E-state index in [2.05, 4.69) is 42.8 Å². The standard InChI is InChI=1S/C15H23ClN2/c1-15(2,3)12-7-8-14(17-11-12)18-9-5-4-6-13(18)10-16/h7-8,11,13H,4-6,9-10H2,1-3H3.